The average Bonchev–Trinajstić information content (AvgIpc) is 2.27. The van der Waals surface area contributed by atoms with Crippen LogP contribution in [0.15, 0.2) is 18.2 Å². The molecule has 5 nitrogen and oxygen atoms in total. The Bertz CT molecular complexity index is 489. The number of aliphatic carboxylic acids is 1. The van der Waals surface area contributed by atoms with E-state index in [-0.39, 0.29) is 17.5 Å². The summed E-state index contributed by atoms with van der Waals surface area (Å²) in [5, 5.41) is 19.7. The van der Waals surface area contributed by atoms with Gasteiger partial charge in [0.15, 0.2) is 0 Å². The molecule has 1 N–H and O–H groups in total. The predicted molar refractivity (Wildman–Crippen MR) is 72.4 cm³/mol. The molecule has 0 atom stereocenters. The van der Waals surface area contributed by atoms with E-state index in [1.165, 1.54) is 0 Å². The van der Waals surface area contributed by atoms with Crippen LogP contribution < -0.4 is 0 Å². The largest absolute Gasteiger partial charge is 0.481 e. The van der Waals surface area contributed by atoms with Crippen LogP contribution in [-0.2, 0) is 16.6 Å². The molecule has 5 heteroatoms. The molecule has 0 aromatic heterocycles. The molecule has 0 saturated heterocycles. The van der Waals surface area contributed by atoms with E-state index in [1.807, 2.05) is 26.8 Å². The summed E-state index contributed by atoms with van der Waals surface area (Å²) in [5.74, 6) is -0.881. The van der Waals surface area contributed by atoms with Crippen molar-refractivity contribution in [3.05, 3.63) is 39.4 Å². The lowest BCUT2D eigenvalue weighted by atomic mass is 9.86. The van der Waals surface area contributed by atoms with Crippen molar-refractivity contribution < 1.29 is 14.8 Å². The van der Waals surface area contributed by atoms with Gasteiger partial charge in [-0.05, 0) is 23.8 Å². The summed E-state index contributed by atoms with van der Waals surface area (Å²) >= 11 is 0. The van der Waals surface area contributed by atoms with Crippen LogP contribution in [0.4, 0.5) is 5.69 Å². The highest BCUT2D eigenvalue weighted by atomic mass is 16.6. The number of rotatable bonds is 5. The molecule has 0 aliphatic rings. The number of carboxylic acid groups (broad SMARTS) is 1. The van der Waals surface area contributed by atoms with E-state index in [0.29, 0.717) is 18.4 Å². The first-order valence-corrected chi connectivity index (χ1v) is 6.21. The lowest BCUT2D eigenvalue weighted by Gasteiger charge is -2.19. The second-order valence-corrected chi connectivity index (χ2v) is 5.60. The fourth-order valence-corrected chi connectivity index (χ4v) is 1.84. The summed E-state index contributed by atoms with van der Waals surface area (Å²) in [6, 6.07) is 5.21. The van der Waals surface area contributed by atoms with Crippen molar-refractivity contribution in [2.24, 2.45) is 0 Å². The van der Waals surface area contributed by atoms with Crippen molar-refractivity contribution in [2.75, 3.05) is 0 Å². The van der Waals surface area contributed by atoms with Crippen LogP contribution >= 0.6 is 0 Å². The van der Waals surface area contributed by atoms with Gasteiger partial charge in [-0.2, -0.15) is 0 Å². The molecule has 1 rings (SSSR count). The van der Waals surface area contributed by atoms with Gasteiger partial charge >= 0.3 is 5.97 Å². The molecule has 104 valence electrons. The van der Waals surface area contributed by atoms with Crippen LogP contribution in [0.1, 0.15) is 44.7 Å². The predicted octanol–water partition coefficient (Wildman–Crippen LogP) is 3.30. The van der Waals surface area contributed by atoms with Crippen LogP contribution in [-0.4, -0.2) is 16.0 Å². The third-order valence-electron chi connectivity index (χ3n) is 2.98. The molecule has 0 radical (unpaired) electrons. The zero-order chi connectivity index (χ0) is 14.6. The minimum absolute atomic E-state index is 0.0260. The topological polar surface area (TPSA) is 80.4 Å². The normalized spacial score (nSPS) is 11.3. The monoisotopic (exact) mass is 265 g/mol. The number of carbonyl (C=O) groups is 1. The van der Waals surface area contributed by atoms with Crippen LogP contribution in [0.2, 0.25) is 0 Å². The lowest BCUT2D eigenvalue weighted by molar-refractivity contribution is -0.385. The molecule has 0 aliphatic carbocycles. The molecule has 0 bridgehead atoms. The zero-order valence-electron chi connectivity index (χ0n) is 11.5. The van der Waals surface area contributed by atoms with Crippen molar-refractivity contribution in [2.45, 2.75) is 45.4 Å². The van der Waals surface area contributed by atoms with Crippen molar-refractivity contribution in [3.8, 4) is 0 Å². The van der Waals surface area contributed by atoms with Gasteiger partial charge in [-0.25, -0.2) is 0 Å². The number of nitrogens with zero attached hydrogens (tertiary/aromatic N) is 1. The first kappa shape index (κ1) is 15.1. The molecule has 0 aliphatic heterocycles. The Kier molecular flexibility index (Phi) is 4.64. The Labute approximate surface area is 112 Å². The van der Waals surface area contributed by atoms with Crippen LogP contribution in [0.5, 0.6) is 0 Å². The zero-order valence-corrected chi connectivity index (χ0v) is 11.5. The summed E-state index contributed by atoms with van der Waals surface area (Å²) in [5.41, 5.74) is 1.43. The highest BCUT2D eigenvalue weighted by molar-refractivity contribution is 5.66. The number of carboxylic acids is 1. The van der Waals surface area contributed by atoms with Gasteiger partial charge in [-0.3, -0.25) is 14.9 Å². The summed E-state index contributed by atoms with van der Waals surface area (Å²) < 4.78 is 0. The van der Waals surface area contributed by atoms with Crippen molar-refractivity contribution >= 4 is 11.7 Å². The molecule has 0 heterocycles. The van der Waals surface area contributed by atoms with Gasteiger partial charge in [0.25, 0.3) is 5.69 Å². The average molecular weight is 265 g/mol. The van der Waals surface area contributed by atoms with E-state index in [9.17, 15) is 14.9 Å². The van der Waals surface area contributed by atoms with E-state index < -0.39 is 10.9 Å². The minimum Gasteiger partial charge on any atom is -0.481 e. The van der Waals surface area contributed by atoms with Gasteiger partial charge in [0.1, 0.15) is 0 Å². The van der Waals surface area contributed by atoms with Gasteiger partial charge in [-0.1, -0.05) is 32.9 Å². The second kappa shape index (κ2) is 5.82. The summed E-state index contributed by atoms with van der Waals surface area (Å²) in [6.07, 6.45) is 0.844. The quantitative estimate of drug-likeness (QED) is 0.654. The van der Waals surface area contributed by atoms with Crippen LogP contribution in [0.25, 0.3) is 0 Å². The number of hydrogen-bond acceptors (Lipinski definition) is 3. The number of hydrogen-bond donors (Lipinski definition) is 1. The second-order valence-electron chi connectivity index (χ2n) is 5.60. The van der Waals surface area contributed by atoms with Gasteiger partial charge in [0.2, 0.25) is 0 Å². The minimum atomic E-state index is -0.881. The number of nitro groups is 1. The fraction of sp³-hybridized carbons (Fsp3) is 0.500. The first-order valence-electron chi connectivity index (χ1n) is 6.21. The fourth-order valence-electron chi connectivity index (χ4n) is 1.84. The molecular weight excluding hydrogens is 246 g/mol. The van der Waals surface area contributed by atoms with Crippen LogP contribution in [0, 0.1) is 10.1 Å². The Morgan fingerprint density at radius 1 is 1.37 bits per heavy atom. The molecular formula is C14H19NO4. The smallest absolute Gasteiger partial charge is 0.303 e. The number of benzene rings is 1. The molecule has 19 heavy (non-hydrogen) atoms. The third-order valence-corrected chi connectivity index (χ3v) is 2.98. The van der Waals surface area contributed by atoms with Gasteiger partial charge < -0.3 is 5.11 Å². The van der Waals surface area contributed by atoms with E-state index in [0.717, 1.165) is 5.56 Å². The molecule has 1 aromatic carbocycles. The SMILES string of the molecule is CC(C)(C)c1ccc(CCCC(=O)O)c([N+](=O)[O-])c1. The molecule has 0 fully saturated rings. The van der Waals surface area contributed by atoms with E-state index >= 15 is 0 Å². The Morgan fingerprint density at radius 3 is 2.47 bits per heavy atom. The molecule has 0 saturated carbocycles. The maximum absolute atomic E-state index is 11.1. The van der Waals surface area contributed by atoms with Gasteiger partial charge in [0, 0.05) is 18.1 Å². The maximum atomic E-state index is 11.1. The lowest BCUT2D eigenvalue weighted by Crippen LogP contribution is -2.12. The summed E-state index contributed by atoms with van der Waals surface area (Å²) in [7, 11) is 0. The van der Waals surface area contributed by atoms with Gasteiger partial charge in [0.05, 0.1) is 4.92 Å². The maximum Gasteiger partial charge on any atom is 0.303 e. The number of aryl methyl sites for hydroxylation is 1. The molecule has 1 aromatic rings. The summed E-state index contributed by atoms with van der Waals surface area (Å²) in [4.78, 5) is 21.1. The highest BCUT2D eigenvalue weighted by Gasteiger charge is 2.20. The molecule has 0 amide bonds. The molecule has 0 unspecified atom stereocenters. The summed E-state index contributed by atoms with van der Waals surface area (Å²) in [6.45, 7) is 5.99. The highest BCUT2D eigenvalue weighted by Crippen LogP contribution is 2.29. The van der Waals surface area contributed by atoms with Gasteiger partial charge in [-0.15, -0.1) is 0 Å². The standard InChI is InChI=1S/C14H19NO4/c1-14(2,3)11-8-7-10(5-4-6-13(16)17)12(9-11)15(18)19/h7-9H,4-6H2,1-3H3,(H,16,17). The van der Waals surface area contributed by atoms with Crippen LogP contribution in [0.3, 0.4) is 0 Å². The van der Waals surface area contributed by atoms with E-state index in [2.05, 4.69) is 0 Å². The Hall–Kier alpha value is -1.91. The first-order chi connectivity index (χ1) is 8.71. The van der Waals surface area contributed by atoms with Crippen molar-refractivity contribution in [1.82, 2.24) is 0 Å². The third kappa shape index (κ3) is 4.35. The Morgan fingerprint density at radius 2 is 2.00 bits per heavy atom. The van der Waals surface area contributed by atoms with E-state index in [4.69, 9.17) is 5.11 Å². The van der Waals surface area contributed by atoms with Crippen molar-refractivity contribution in [3.63, 3.8) is 0 Å². The molecule has 0 spiro atoms. The van der Waals surface area contributed by atoms with Crippen molar-refractivity contribution in [1.29, 1.82) is 0 Å². The van der Waals surface area contributed by atoms with E-state index in [1.54, 1.807) is 12.1 Å². The Balaban J connectivity index is 2.99. The number of nitro benzene ring substituents is 1.